The Kier molecular flexibility index (Phi) is 13.3. The highest BCUT2D eigenvalue weighted by Gasteiger charge is 2.43. The first-order valence-corrected chi connectivity index (χ1v) is 14.2. The number of benzene rings is 2. The Morgan fingerprint density at radius 1 is 0.833 bits per heavy atom. The number of carbonyl (C=O) groups excluding carboxylic acids is 3. The number of anilines is 1. The molecule has 2 aromatic carbocycles. The summed E-state index contributed by atoms with van der Waals surface area (Å²) in [5, 5.41) is 5.97. The number of alkyl halides is 3. The second-order valence-electron chi connectivity index (χ2n) is 10.8. The summed E-state index contributed by atoms with van der Waals surface area (Å²) in [7, 11) is 0. The van der Waals surface area contributed by atoms with E-state index >= 15 is 0 Å². The van der Waals surface area contributed by atoms with Gasteiger partial charge in [-0.15, -0.1) is 0 Å². The summed E-state index contributed by atoms with van der Waals surface area (Å²) in [6.07, 6.45) is -5.30. The number of nitrogens with one attached hydrogen (secondary N) is 2. The molecule has 2 N–H and O–H groups in total. The van der Waals surface area contributed by atoms with Crippen molar-refractivity contribution in [2.45, 2.75) is 78.8 Å². The Morgan fingerprint density at radius 3 is 2.02 bits per heavy atom. The number of unbranched alkanes of at least 4 members (excludes halogenated alkanes) is 1. The largest absolute Gasteiger partial charge is 0.491 e. The van der Waals surface area contributed by atoms with E-state index in [1.54, 1.807) is 19.1 Å². The van der Waals surface area contributed by atoms with Gasteiger partial charge in [0.05, 0.1) is 5.69 Å². The standard InChI is InChI=1S/C31H42F3N3O5/c1-20(2)24-12-10-22(5)26(18-24)37(30(40)42-28(38)31(32,33)34)17-9-15-35-14-7-8-16-36-29(39)41-27-19-25(21(3)4)13-11-23(27)6/h10-13,18-21,35H,7-9,14-17H2,1-6H3,(H,36,39). The first kappa shape index (κ1) is 34.6. The van der Waals surface area contributed by atoms with Crippen molar-refractivity contribution in [3.05, 3.63) is 58.7 Å². The fraction of sp³-hybridized carbons (Fsp3) is 0.516. The van der Waals surface area contributed by atoms with Gasteiger partial charge in [0.2, 0.25) is 0 Å². The summed E-state index contributed by atoms with van der Waals surface area (Å²) in [5.41, 5.74) is 3.91. The SMILES string of the molecule is Cc1ccc(C(C)C)cc1OC(=O)NCCCCNCCCN(C(=O)OC(=O)C(F)(F)F)c1cc(C(C)C)ccc1C. The van der Waals surface area contributed by atoms with E-state index in [2.05, 4.69) is 29.2 Å². The summed E-state index contributed by atoms with van der Waals surface area (Å²) in [4.78, 5) is 37.2. The number of nitrogens with zero attached hydrogens (tertiary/aromatic N) is 1. The van der Waals surface area contributed by atoms with Crippen LogP contribution in [0.2, 0.25) is 0 Å². The molecule has 2 rings (SSSR count). The van der Waals surface area contributed by atoms with Crippen LogP contribution in [0, 0.1) is 13.8 Å². The minimum Gasteiger partial charge on any atom is -0.410 e. The zero-order chi connectivity index (χ0) is 31.4. The molecule has 0 aromatic heterocycles. The molecule has 0 spiro atoms. The van der Waals surface area contributed by atoms with Crippen molar-refractivity contribution in [1.29, 1.82) is 0 Å². The lowest BCUT2D eigenvalue weighted by molar-refractivity contribution is -0.192. The fourth-order valence-electron chi connectivity index (χ4n) is 4.05. The van der Waals surface area contributed by atoms with Crippen molar-refractivity contribution in [3.63, 3.8) is 0 Å². The van der Waals surface area contributed by atoms with Crippen LogP contribution in [0.1, 0.15) is 81.0 Å². The summed E-state index contributed by atoms with van der Waals surface area (Å²) in [5.74, 6) is -1.58. The third-order valence-corrected chi connectivity index (χ3v) is 6.69. The van der Waals surface area contributed by atoms with Crippen LogP contribution >= 0.6 is 0 Å². The Morgan fingerprint density at radius 2 is 1.40 bits per heavy atom. The molecular weight excluding hydrogens is 551 g/mol. The molecule has 0 aliphatic rings. The van der Waals surface area contributed by atoms with E-state index in [4.69, 9.17) is 4.74 Å². The van der Waals surface area contributed by atoms with E-state index in [-0.39, 0.29) is 12.5 Å². The lowest BCUT2D eigenvalue weighted by Gasteiger charge is -2.25. The van der Waals surface area contributed by atoms with E-state index in [1.807, 2.05) is 45.0 Å². The van der Waals surface area contributed by atoms with Crippen molar-refractivity contribution in [2.75, 3.05) is 31.1 Å². The predicted octanol–water partition coefficient (Wildman–Crippen LogP) is 7.13. The molecule has 0 bridgehead atoms. The van der Waals surface area contributed by atoms with Crippen LogP contribution in [0.25, 0.3) is 0 Å². The van der Waals surface area contributed by atoms with E-state index < -0.39 is 24.3 Å². The Balaban J connectivity index is 1.80. The number of halogens is 3. The average molecular weight is 594 g/mol. The first-order valence-electron chi connectivity index (χ1n) is 14.2. The minimum absolute atomic E-state index is 0.0458. The fourth-order valence-corrected chi connectivity index (χ4v) is 4.05. The molecule has 2 aromatic rings. The molecule has 8 nitrogen and oxygen atoms in total. The second kappa shape index (κ2) is 16.1. The minimum atomic E-state index is -5.28. The van der Waals surface area contributed by atoms with E-state index in [1.165, 1.54) is 0 Å². The third-order valence-electron chi connectivity index (χ3n) is 6.69. The zero-order valence-corrected chi connectivity index (χ0v) is 25.2. The van der Waals surface area contributed by atoms with Crippen molar-refractivity contribution < 1.29 is 37.0 Å². The maximum absolute atomic E-state index is 12.7. The molecule has 0 aliphatic heterocycles. The Hall–Kier alpha value is -3.60. The van der Waals surface area contributed by atoms with E-state index in [9.17, 15) is 27.6 Å². The highest BCUT2D eigenvalue weighted by atomic mass is 19.4. The lowest BCUT2D eigenvalue weighted by Crippen LogP contribution is -2.39. The molecule has 11 heteroatoms. The Bertz CT molecular complexity index is 1210. The van der Waals surface area contributed by atoms with Gasteiger partial charge < -0.3 is 20.1 Å². The second-order valence-corrected chi connectivity index (χ2v) is 10.8. The van der Waals surface area contributed by atoms with Crippen molar-refractivity contribution in [2.24, 2.45) is 0 Å². The highest BCUT2D eigenvalue weighted by Crippen LogP contribution is 2.28. The normalized spacial score (nSPS) is 11.5. The van der Waals surface area contributed by atoms with Crippen LogP contribution in [0.3, 0.4) is 0 Å². The van der Waals surface area contributed by atoms with Gasteiger partial charge >= 0.3 is 24.3 Å². The van der Waals surface area contributed by atoms with Gasteiger partial charge in [-0.2, -0.15) is 13.2 Å². The summed E-state index contributed by atoms with van der Waals surface area (Å²) in [6.45, 7) is 13.3. The van der Waals surface area contributed by atoms with Gasteiger partial charge in [-0.25, -0.2) is 14.4 Å². The number of carbonyl (C=O) groups is 3. The van der Waals surface area contributed by atoms with Crippen LogP contribution in [0.15, 0.2) is 36.4 Å². The van der Waals surface area contributed by atoms with E-state index in [0.717, 1.165) is 28.0 Å². The van der Waals surface area contributed by atoms with Crippen molar-refractivity contribution in [1.82, 2.24) is 10.6 Å². The lowest BCUT2D eigenvalue weighted by atomic mass is 10.00. The first-order chi connectivity index (χ1) is 19.7. The maximum atomic E-state index is 12.7. The van der Waals surface area contributed by atoms with Crippen molar-refractivity contribution in [3.8, 4) is 5.75 Å². The van der Waals surface area contributed by atoms with Crippen LogP contribution in [0.5, 0.6) is 5.75 Å². The molecule has 0 unspecified atom stereocenters. The quantitative estimate of drug-likeness (QED) is 0.146. The molecular formula is C31H42F3N3O5. The predicted molar refractivity (Wildman–Crippen MR) is 156 cm³/mol. The maximum Gasteiger partial charge on any atom is 0.491 e. The van der Waals surface area contributed by atoms with Crippen molar-refractivity contribution >= 4 is 23.8 Å². The van der Waals surface area contributed by atoms with E-state index in [0.29, 0.717) is 55.4 Å². The summed E-state index contributed by atoms with van der Waals surface area (Å²) >= 11 is 0. The number of amides is 2. The third kappa shape index (κ3) is 11.0. The molecule has 2 amide bonds. The number of aryl methyl sites for hydroxylation is 2. The number of ether oxygens (including phenoxy) is 2. The molecule has 0 fully saturated rings. The van der Waals surface area contributed by atoms with Crippen LogP contribution in [-0.4, -0.2) is 50.5 Å². The number of rotatable bonds is 13. The zero-order valence-electron chi connectivity index (χ0n) is 25.2. The van der Waals surface area contributed by atoms with Gasteiger partial charge in [0, 0.05) is 13.1 Å². The van der Waals surface area contributed by atoms with Gasteiger partial charge in [-0.1, -0.05) is 52.0 Å². The van der Waals surface area contributed by atoms with Gasteiger partial charge in [0.15, 0.2) is 0 Å². The van der Waals surface area contributed by atoms with Crippen LogP contribution in [0.4, 0.5) is 28.4 Å². The molecule has 0 radical (unpaired) electrons. The number of esters is 1. The smallest absolute Gasteiger partial charge is 0.410 e. The summed E-state index contributed by atoms with van der Waals surface area (Å²) in [6, 6.07) is 11.2. The average Bonchev–Trinajstić information content (AvgIpc) is 2.90. The summed E-state index contributed by atoms with van der Waals surface area (Å²) < 4.78 is 47.8. The molecule has 0 saturated heterocycles. The van der Waals surface area contributed by atoms with Gasteiger partial charge in [0.25, 0.3) is 0 Å². The van der Waals surface area contributed by atoms with Gasteiger partial charge in [-0.3, -0.25) is 4.90 Å². The molecule has 0 saturated carbocycles. The van der Waals surface area contributed by atoms with Gasteiger partial charge in [-0.05, 0) is 92.4 Å². The number of hydrogen-bond donors (Lipinski definition) is 2. The van der Waals surface area contributed by atoms with Crippen LogP contribution in [-0.2, 0) is 9.53 Å². The van der Waals surface area contributed by atoms with Gasteiger partial charge in [0.1, 0.15) is 5.75 Å². The number of hydrogen-bond acceptors (Lipinski definition) is 6. The Labute approximate surface area is 245 Å². The molecule has 0 heterocycles. The molecule has 0 atom stereocenters. The monoisotopic (exact) mass is 593 g/mol. The molecule has 0 aliphatic carbocycles. The topological polar surface area (TPSA) is 97.0 Å². The molecule has 42 heavy (non-hydrogen) atoms. The highest BCUT2D eigenvalue weighted by molar-refractivity contribution is 5.97. The molecule has 232 valence electrons. The van der Waals surface area contributed by atoms with Crippen LogP contribution < -0.4 is 20.3 Å².